The predicted molar refractivity (Wildman–Crippen MR) is 90.1 cm³/mol. The number of amides is 3. The third-order valence-corrected chi connectivity index (χ3v) is 5.15. The van der Waals surface area contributed by atoms with Crippen LogP contribution in [-0.2, 0) is 19.1 Å². The number of fused-ring (bicyclic) bond motifs is 3. The third kappa shape index (κ3) is 2.36. The minimum absolute atomic E-state index is 0.120. The molecule has 26 heavy (non-hydrogen) atoms. The Morgan fingerprint density at radius 2 is 2.00 bits per heavy atom. The fraction of sp³-hybridized carbons (Fsp3) is 0.444. The first-order chi connectivity index (χ1) is 12.4. The van der Waals surface area contributed by atoms with Crippen LogP contribution < -0.4 is 10.2 Å². The number of ether oxygens (including phenoxy) is 1. The molecule has 2 fully saturated rings. The molecule has 4 rings (SSSR count). The molecular formula is C18H19N3O5. The lowest BCUT2D eigenvalue weighted by Crippen LogP contribution is -2.67. The monoisotopic (exact) mass is 357 g/mol. The van der Waals surface area contributed by atoms with Crippen molar-refractivity contribution in [1.29, 1.82) is 0 Å². The minimum Gasteiger partial charge on any atom is -0.452 e. The van der Waals surface area contributed by atoms with Gasteiger partial charge in [0.25, 0.3) is 11.8 Å². The van der Waals surface area contributed by atoms with E-state index < -0.39 is 18.2 Å². The van der Waals surface area contributed by atoms with Crippen molar-refractivity contribution >= 4 is 29.4 Å². The van der Waals surface area contributed by atoms with Gasteiger partial charge < -0.3 is 15.0 Å². The van der Waals surface area contributed by atoms with E-state index in [9.17, 15) is 19.2 Å². The topological polar surface area (TPSA) is 96.0 Å². The van der Waals surface area contributed by atoms with Crippen LogP contribution >= 0.6 is 0 Å². The van der Waals surface area contributed by atoms with Crippen molar-refractivity contribution in [3.8, 4) is 0 Å². The van der Waals surface area contributed by atoms with Crippen LogP contribution in [0.5, 0.6) is 0 Å². The molecule has 8 nitrogen and oxygen atoms in total. The van der Waals surface area contributed by atoms with E-state index in [0.29, 0.717) is 11.3 Å². The number of para-hydroxylation sites is 1. The highest BCUT2D eigenvalue weighted by atomic mass is 16.5. The molecule has 1 aromatic carbocycles. The third-order valence-electron chi connectivity index (χ3n) is 5.15. The van der Waals surface area contributed by atoms with Crippen LogP contribution in [0.25, 0.3) is 0 Å². The molecule has 8 heteroatoms. The smallest absolute Gasteiger partial charge is 0.354 e. The molecule has 1 aliphatic carbocycles. The Morgan fingerprint density at radius 3 is 2.73 bits per heavy atom. The van der Waals surface area contributed by atoms with Crippen molar-refractivity contribution in [2.45, 2.75) is 37.4 Å². The molecule has 2 heterocycles. The number of likely N-dealkylation sites (N-methyl/N-ethyl adjacent to an activating group) is 1. The van der Waals surface area contributed by atoms with Gasteiger partial charge in [-0.3, -0.25) is 19.3 Å². The molecule has 1 N–H and O–H groups in total. The summed E-state index contributed by atoms with van der Waals surface area (Å²) in [6, 6.07) is 6.85. The molecule has 1 atom stereocenters. The zero-order valence-electron chi connectivity index (χ0n) is 14.4. The molecule has 3 aliphatic rings. The first kappa shape index (κ1) is 16.6. The molecule has 1 saturated heterocycles. The summed E-state index contributed by atoms with van der Waals surface area (Å²) < 4.78 is 5.22. The maximum absolute atomic E-state index is 12.9. The van der Waals surface area contributed by atoms with E-state index in [1.807, 2.05) is 0 Å². The predicted octanol–water partition coefficient (Wildman–Crippen LogP) is 0.417. The van der Waals surface area contributed by atoms with Crippen LogP contribution in [0.2, 0.25) is 0 Å². The largest absolute Gasteiger partial charge is 0.452 e. The summed E-state index contributed by atoms with van der Waals surface area (Å²) in [5.74, 6) is -1.75. The quantitative estimate of drug-likeness (QED) is 0.788. The standard InChI is InChI=1S/C18H19N3O5/c1-20-16(24)12-4-2-3-5-13(12)21-15(23)8-9-18(20,21)17(25)26-10-14(22)19-11-6-7-11/h2-5,11H,6-10H2,1H3,(H,19,22)/t18-/m1/s1. The van der Waals surface area contributed by atoms with Gasteiger partial charge in [0.2, 0.25) is 11.6 Å². The summed E-state index contributed by atoms with van der Waals surface area (Å²) in [4.78, 5) is 52.6. The van der Waals surface area contributed by atoms with Crippen molar-refractivity contribution in [2.24, 2.45) is 0 Å². The Morgan fingerprint density at radius 1 is 1.27 bits per heavy atom. The van der Waals surface area contributed by atoms with E-state index in [1.165, 1.54) is 16.8 Å². The molecule has 0 unspecified atom stereocenters. The molecule has 0 aromatic heterocycles. The summed E-state index contributed by atoms with van der Waals surface area (Å²) >= 11 is 0. The molecule has 136 valence electrons. The van der Waals surface area contributed by atoms with E-state index >= 15 is 0 Å². The number of hydrogen-bond acceptors (Lipinski definition) is 5. The zero-order chi connectivity index (χ0) is 18.5. The first-order valence-electron chi connectivity index (χ1n) is 8.62. The van der Waals surface area contributed by atoms with Gasteiger partial charge in [-0.05, 0) is 25.0 Å². The number of esters is 1. The summed E-state index contributed by atoms with van der Waals surface area (Å²) in [6.07, 6.45) is 2.11. The van der Waals surface area contributed by atoms with Gasteiger partial charge in [-0.25, -0.2) is 4.79 Å². The van der Waals surface area contributed by atoms with Gasteiger partial charge in [0.1, 0.15) is 0 Å². The molecule has 0 bridgehead atoms. The van der Waals surface area contributed by atoms with Crippen LogP contribution in [0, 0.1) is 0 Å². The number of nitrogens with one attached hydrogen (secondary N) is 1. The number of rotatable bonds is 4. The minimum atomic E-state index is -1.54. The van der Waals surface area contributed by atoms with Gasteiger partial charge in [0.05, 0.1) is 11.3 Å². The van der Waals surface area contributed by atoms with E-state index in [0.717, 1.165) is 12.8 Å². The van der Waals surface area contributed by atoms with Gasteiger partial charge in [0.15, 0.2) is 6.61 Å². The highest BCUT2D eigenvalue weighted by Crippen LogP contribution is 2.44. The van der Waals surface area contributed by atoms with Crippen molar-refractivity contribution in [1.82, 2.24) is 10.2 Å². The molecule has 2 aliphatic heterocycles. The van der Waals surface area contributed by atoms with Crippen LogP contribution in [0.4, 0.5) is 5.69 Å². The normalized spacial score (nSPS) is 24.2. The fourth-order valence-electron chi connectivity index (χ4n) is 3.63. The number of carbonyl (C=O) groups is 4. The lowest BCUT2D eigenvalue weighted by atomic mass is 9.97. The zero-order valence-corrected chi connectivity index (χ0v) is 14.4. The van der Waals surface area contributed by atoms with Crippen molar-refractivity contribution in [2.75, 3.05) is 18.6 Å². The summed E-state index contributed by atoms with van der Waals surface area (Å²) in [6.45, 7) is -0.428. The number of benzene rings is 1. The maximum atomic E-state index is 12.9. The Bertz CT molecular complexity index is 819. The van der Waals surface area contributed by atoms with E-state index in [-0.39, 0.29) is 36.6 Å². The molecule has 3 amide bonds. The van der Waals surface area contributed by atoms with Gasteiger partial charge in [0, 0.05) is 25.9 Å². The van der Waals surface area contributed by atoms with E-state index in [1.54, 1.807) is 24.3 Å². The van der Waals surface area contributed by atoms with Crippen molar-refractivity contribution in [3.63, 3.8) is 0 Å². The Labute approximate surface area is 150 Å². The lowest BCUT2D eigenvalue weighted by Gasteiger charge is -2.46. The second kappa shape index (κ2) is 5.82. The Hall–Kier alpha value is -2.90. The second-order valence-electron chi connectivity index (χ2n) is 6.84. The SMILES string of the molecule is CN1C(=O)c2ccccc2N2C(=O)CC[C@@]12C(=O)OCC(=O)NC1CC1. The maximum Gasteiger partial charge on any atom is 0.354 e. The van der Waals surface area contributed by atoms with Gasteiger partial charge >= 0.3 is 5.97 Å². The van der Waals surface area contributed by atoms with Gasteiger partial charge in [-0.15, -0.1) is 0 Å². The molecular weight excluding hydrogens is 338 g/mol. The average molecular weight is 357 g/mol. The summed E-state index contributed by atoms with van der Waals surface area (Å²) in [5, 5.41) is 2.74. The first-order valence-corrected chi connectivity index (χ1v) is 8.62. The number of anilines is 1. The highest BCUT2D eigenvalue weighted by molar-refractivity contribution is 6.15. The highest BCUT2D eigenvalue weighted by Gasteiger charge is 2.60. The number of nitrogens with zero attached hydrogens (tertiary/aromatic N) is 2. The second-order valence-corrected chi connectivity index (χ2v) is 6.84. The van der Waals surface area contributed by atoms with Crippen molar-refractivity contribution < 1.29 is 23.9 Å². The van der Waals surface area contributed by atoms with Crippen LogP contribution in [0.15, 0.2) is 24.3 Å². The summed E-state index contributed by atoms with van der Waals surface area (Å²) in [7, 11) is 1.48. The summed E-state index contributed by atoms with van der Waals surface area (Å²) in [5.41, 5.74) is -0.778. The fourth-order valence-corrected chi connectivity index (χ4v) is 3.63. The van der Waals surface area contributed by atoms with Crippen molar-refractivity contribution in [3.05, 3.63) is 29.8 Å². The molecule has 1 saturated carbocycles. The Kier molecular flexibility index (Phi) is 3.71. The molecule has 1 aromatic rings. The molecule has 0 spiro atoms. The molecule has 0 radical (unpaired) electrons. The van der Waals surface area contributed by atoms with Gasteiger partial charge in [-0.2, -0.15) is 0 Å². The van der Waals surface area contributed by atoms with E-state index in [2.05, 4.69) is 5.32 Å². The van der Waals surface area contributed by atoms with Crippen LogP contribution in [0.3, 0.4) is 0 Å². The number of hydrogen-bond donors (Lipinski definition) is 1. The lowest BCUT2D eigenvalue weighted by molar-refractivity contribution is -0.159. The number of carbonyl (C=O) groups excluding carboxylic acids is 4. The Balaban J connectivity index is 1.64. The van der Waals surface area contributed by atoms with Crippen LogP contribution in [-0.4, -0.2) is 54.0 Å². The van der Waals surface area contributed by atoms with E-state index in [4.69, 9.17) is 4.74 Å². The van der Waals surface area contributed by atoms with Gasteiger partial charge in [-0.1, -0.05) is 12.1 Å². The van der Waals surface area contributed by atoms with Crippen LogP contribution in [0.1, 0.15) is 36.0 Å². The average Bonchev–Trinajstić information content (AvgIpc) is 3.38.